The fourth-order valence-electron chi connectivity index (χ4n) is 4.01. The van der Waals surface area contributed by atoms with Crippen molar-refractivity contribution >= 4 is 0 Å². The Kier molecular flexibility index (Phi) is 5.06. The highest BCUT2D eigenvalue weighted by molar-refractivity contribution is 5.61. The van der Waals surface area contributed by atoms with E-state index >= 15 is 0 Å². The highest BCUT2D eigenvalue weighted by atomic mass is 16.5. The van der Waals surface area contributed by atoms with Crippen molar-refractivity contribution in [2.24, 2.45) is 0 Å². The smallest absolute Gasteiger partial charge is 0.157 e. The molecule has 1 heterocycles. The van der Waals surface area contributed by atoms with Gasteiger partial charge in [-0.1, -0.05) is 6.07 Å². The van der Waals surface area contributed by atoms with Crippen molar-refractivity contribution in [3.63, 3.8) is 0 Å². The second-order valence-electron chi connectivity index (χ2n) is 7.28. The van der Waals surface area contributed by atoms with Gasteiger partial charge in [0.2, 0.25) is 0 Å². The molecule has 162 valence electrons. The first-order valence-corrected chi connectivity index (χ1v) is 9.51. The number of benzene rings is 3. The fourth-order valence-corrected chi connectivity index (χ4v) is 4.01. The number of ether oxygens (including phenoxy) is 3. The molecule has 0 spiro atoms. The molecule has 0 fully saturated rings. The van der Waals surface area contributed by atoms with Crippen LogP contribution in [-0.4, -0.2) is 39.8 Å². The Morgan fingerprint density at radius 2 is 1.52 bits per heavy atom. The summed E-state index contributed by atoms with van der Waals surface area (Å²) in [5.74, 6) is -0.619. The third-order valence-corrected chi connectivity index (χ3v) is 5.44. The van der Waals surface area contributed by atoms with E-state index in [-0.39, 0.29) is 40.9 Å². The van der Waals surface area contributed by atoms with Crippen molar-refractivity contribution in [2.45, 2.75) is 18.4 Å². The Morgan fingerprint density at radius 3 is 2.19 bits per heavy atom. The molecule has 8 nitrogen and oxygen atoms in total. The van der Waals surface area contributed by atoms with Gasteiger partial charge in [0.1, 0.15) is 40.6 Å². The standard InChI is InChI=1S/C23H22O8/c1-29-13-8-18(28)22(20(9-13)30-2)14-10-19(11-3-4-15(25)16(26)5-11)31-21-7-12(24)6-17(27)23(14)21/h3-9,14,19,24-28H,10H2,1-2H3/t14?,19-/m0/s1. The Morgan fingerprint density at radius 1 is 0.774 bits per heavy atom. The van der Waals surface area contributed by atoms with Crippen molar-refractivity contribution in [3.8, 4) is 46.0 Å². The first-order valence-electron chi connectivity index (χ1n) is 9.51. The van der Waals surface area contributed by atoms with E-state index in [0.717, 1.165) is 0 Å². The van der Waals surface area contributed by atoms with Crippen LogP contribution in [0, 0.1) is 0 Å². The zero-order valence-corrected chi connectivity index (χ0v) is 16.9. The fraction of sp³-hybridized carbons (Fsp3) is 0.217. The maximum Gasteiger partial charge on any atom is 0.157 e. The van der Waals surface area contributed by atoms with Crippen LogP contribution >= 0.6 is 0 Å². The van der Waals surface area contributed by atoms with Gasteiger partial charge in [-0.25, -0.2) is 0 Å². The Bertz CT molecular complexity index is 1140. The van der Waals surface area contributed by atoms with Crippen molar-refractivity contribution in [2.75, 3.05) is 14.2 Å². The molecule has 1 aliphatic rings. The van der Waals surface area contributed by atoms with E-state index in [1.807, 2.05) is 0 Å². The number of phenols is 5. The number of hydrogen-bond acceptors (Lipinski definition) is 8. The summed E-state index contributed by atoms with van der Waals surface area (Å²) in [7, 11) is 2.93. The first-order chi connectivity index (χ1) is 14.8. The number of rotatable bonds is 4. The van der Waals surface area contributed by atoms with Crippen molar-refractivity contribution in [1.82, 2.24) is 0 Å². The Hall–Kier alpha value is -3.94. The summed E-state index contributed by atoms with van der Waals surface area (Å²) in [6.45, 7) is 0. The zero-order chi connectivity index (χ0) is 22.3. The number of hydrogen-bond donors (Lipinski definition) is 5. The van der Waals surface area contributed by atoms with E-state index in [2.05, 4.69) is 0 Å². The molecule has 1 aliphatic heterocycles. The second kappa shape index (κ2) is 7.71. The van der Waals surface area contributed by atoms with Crippen LogP contribution < -0.4 is 14.2 Å². The second-order valence-corrected chi connectivity index (χ2v) is 7.28. The molecule has 0 saturated heterocycles. The monoisotopic (exact) mass is 426 g/mol. The van der Waals surface area contributed by atoms with Crippen LogP contribution in [-0.2, 0) is 0 Å². The van der Waals surface area contributed by atoms with Crippen LogP contribution in [0.4, 0.5) is 0 Å². The average molecular weight is 426 g/mol. The molecule has 3 aromatic carbocycles. The highest BCUT2D eigenvalue weighted by Gasteiger charge is 2.36. The van der Waals surface area contributed by atoms with Gasteiger partial charge in [0.15, 0.2) is 11.5 Å². The summed E-state index contributed by atoms with van der Waals surface area (Å²) in [5.41, 5.74) is 1.37. The molecule has 5 N–H and O–H groups in total. The lowest BCUT2D eigenvalue weighted by molar-refractivity contribution is 0.163. The van der Waals surface area contributed by atoms with Gasteiger partial charge in [-0.3, -0.25) is 0 Å². The Balaban J connectivity index is 1.90. The molecular weight excluding hydrogens is 404 g/mol. The maximum absolute atomic E-state index is 10.8. The minimum absolute atomic E-state index is 0.0890. The van der Waals surface area contributed by atoms with Gasteiger partial charge < -0.3 is 39.7 Å². The van der Waals surface area contributed by atoms with Crippen molar-refractivity contribution in [1.29, 1.82) is 0 Å². The lowest BCUT2D eigenvalue weighted by atomic mass is 9.81. The van der Waals surface area contributed by atoms with Gasteiger partial charge in [0.05, 0.1) is 14.2 Å². The number of fused-ring (bicyclic) bond motifs is 1. The van der Waals surface area contributed by atoms with Gasteiger partial charge in [-0.2, -0.15) is 0 Å². The van der Waals surface area contributed by atoms with Gasteiger partial charge in [-0.05, 0) is 17.7 Å². The quantitative estimate of drug-likeness (QED) is 0.398. The predicted molar refractivity (Wildman–Crippen MR) is 111 cm³/mol. The summed E-state index contributed by atoms with van der Waals surface area (Å²) < 4.78 is 16.7. The molecule has 0 amide bonds. The SMILES string of the molecule is COc1cc(O)c(C2C[C@@H](c3ccc(O)c(O)c3)Oc3cc(O)cc(O)c32)c(OC)c1. The van der Waals surface area contributed by atoms with Crippen LogP contribution in [0.15, 0.2) is 42.5 Å². The summed E-state index contributed by atoms with van der Waals surface area (Å²) >= 11 is 0. The minimum atomic E-state index is -0.614. The third-order valence-electron chi connectivity index (χ3n) is 5.44. The lowest BCUT2D eigenvalue weighted by Crippen LogP contribution is -2.20. The molecule has 0 aliphatic carbocycles. The third kappa shape index (κ3) is 3.56. The molecule has 2 atom stereocenters. The van der Waals surface area contributed by atoms with Crippen LogP contribution in [0.3, 0.4) is 0 Å². The van der Waals surface area contributed by atoms with Gasteiger partial charge >= 0.3 is 0 Å². The Labute approximate surface area is 178 Å². The molecule has 0 aromatic heterocycles. The van der Waals surface area contributed by atoms with Crippen molar-refractivity contribution < 1.29 is 39.7 Å². The first kappa shape index (κ1) is 20.3. The largest absolute Gasteiger partial charge is 0.508 e. The molecule has 3 aromatic rings. The molecule has 1 unspecified atom stereocenters. The predicted octanol–water partition coefficient (Wildman–Crippen LogP) is 3.89. The zero-order valence-electron chi connectivity index (χ0n) is 16.9. The number of aromatic hydroxyl groups is 5. The highest BCUT2D eigenvalue weighted by Crippen LogP contribution is 2.54. The van der Waals surface area contributed by atoms with Crippen LogP contribution in [0.1, 0.15) is 35.1 Å². The summed E-state index contributed by atoms with van der Waals surface area (Å²) in [6.07, 6.45) is -0.345. The normalized spacial score (nSPS) is 17.5. The van der Waals surface area contributed by atoms with E-state index in [1.165, 1.54) is 44.6 Å². The number of phenolic OH excluding ortho intramolecular Hbond substituents is 5. The van der Waals surface area contributed by atoms with Crippen LogP contribution in [0.2, 0.25) is 0 Å². The molecule has 4 rings (SSSR count). The molecule has 8 heteroatoms. The van der Waals surface area contributed by atoms with E-state index in [4.69, 9.17) is 14.2 Å². The molecule has 0 saturated carbocycles. The van der Waals surface area contributed by atoms with E-state index in [9.17, 15) is 25.5 Å². The van der Waals surface area contributed by atoms with E-state index in [0.29, 0.717) is 28.2 Å². The van der Waals surface area contributed by atoms with Gasteiger partial charge in [-0.15, -0.1) is 0 Å². The van der Waals surface area contributed by atoms with Crippen LogP contribution in [0.25, 0.3) is 0 Å². The molecule has 31 heavy (non-hydrogen) atoms. The lowest BCUT2D eigenvalue weighted by Gasteiger charge is -2.34. The maximum atomic E-state index is 10.8. The summed E-state index contributed by atoms with van der Waals surface area (Å²) in [4.78, 5) is 0. The molecule has 0 radical (unpaired) electrons. The van der Waals surface area contributed by atoms with E-state index in [1.54, 1.807) is 12.1 Å². The minimum Gasteiger partial charge on any atom is -0.508 e. The average Bonchev–Trinajstić information content (AvgIpc) is 2.73. The number of methoxy groups -OCH3 is 2. The molecule has 0 bridgehead atoms. The van der Waals surface area contributed by atoms with Gasteiger partial charge in [0, 0.05) is 47.7 Å². The van der Waals surface area contributed by atoms with Crippen molar-refractivity contribution in [3.05, 3.63) is 59.2 Å². The molecular formula is C23H22O8. The van der Waals surface area contributed by atoms with Gasteiger partial charge in [0.25, 0.3) is 0 Å². The summed E-state index contributed by atoms with van der Waals surface area (Å²) in [5, 5.41) is 50.9. The topological polar surface area (TPSA) is 129 Å². The van der Waals surface area contributed by atoms with E-state index < -0.39 is 12.0 Å². The summed E-state index contributed by atoms with van der Waals surface area (Å²) in [6, 6.07) is 10.0. The van der Waals surface area contributed by atoms with Crippen LogP contribution in [0.5, 0.6) is 46.0 Å².